The van der Waals surface area contributed by atoms with E-state index < -0.39 is 6.10 Å². The first kappa shape index (κ1) is 18.2. The van der Waals surface area contributed by atoms with Gasteiger partial charge in [0.05, 0.1) is 19.3 Å². The summed E-state index contributed by atoms with van der Waals surface area (Å²) in [6, 6.07) is 5.45. The highest BCUT2D eigenvalue weighted by atomic mass is 35.5. The Hall–Kier alpha value is -0.770. The van der Waals surface area contributed by atoms with E-state index in [2.05, 4.69) is 13.8 Å². The van der Waals surface area contributed by atoms with Gasteiger partial charge in [0.25, 0.3) is 0 Å². The van der Waals surface area contributed by atoms with Crippen molar-refractivity contribution in [3.8, 4) is 5.75 Å². The van der Waals surface area contributed by atoms with Gasteiger partial charge >= 0.3 is 0 Å². The second kappa shape index (κ2) is 8.41. The number of hydrogen-bond acceptors (Lipinski definition) is 3. The van der Waals surface area contributed by atoms with Crippen molar-refractivity contribution in [2.45, 2.75) is 45.8 Å². The molecule has 4 heteroatoms. The van der Waals surface area contributed by atoms with Crippen LogP contribution >= 0.6 is 12.4 Å². The summed E-state index contributed by atoms with van der Waals surface area (Å²) in [5, 5.41) is 10.1. The second-order valence-electron chi connectivity index (χ2n) is 5.29. The Balaban J connectivity index is 0.00000324. The van der Waals surface area contributed by atoms with Crippen molar-refractivity contribution < 1.29 is 9.84 Å². The maximum Gasteiger partial charge on any atom is 0.119 e. The number of nitrogens with two attached hydrogens (primary N) is 1. The molecule has 1 aromatic rings. The number of ether oxygens (including phenoxy) is 1. The van der Waals surface area contributed by atoms with Gasteiger partial charge in [0.2, 0.25) is 0 Å². The Kier molecular flexibility index (Phi) is 8.07. The van der Waals surface area contributed by atoms with E-state index in [9.17, 15) is 5.11 Å². The van der Waals surface area contributed by atoms with E-state index in [0.29, 0.717) is 5.92 Å². The fraction of sp³-hybridized carbons (Fsp3) is 0.600. The summed E-state index contributed by atoms with van der Waals surface area (Å²) in [6.07, 6.45) is 1.24. The quantitative estimate of drug-likeness (QED) is 0.845. The number of halogens is 1. The zero-order chi connectivity index (χ0) is 13.7. The van der Waals surface area contributed by atoms with E-state index in [1.807, 2.05) is 25.1 Å². The van der Waals surface area contributed by atoms with Crippen molar-refractivity contribution >= 4 is 12.4 Å². The van der Waals surface area contributed by atoms with Gasteiger partial charge in [0.15, 0.2) is 0 Å². The molecule has 0 radical (unpaired) electrons. The Morgan fingerprint density at radius 1 is 1.26 bits per heavy atom. The maximum atomic E-state index is 10.1. The van der Waals surface area contributed by atoms with Crippen LogP contribution in [0.5, 0.6) is 5.75 Å². The molecule has 0 heterocycles. The van der Waals surface area contributed by atoms with Crippen LogP contribution < -0.4 is 10.5 Å². The first-order chi connectivity index (χ1) is 8.45. The fourth-order valence-corrected chi connectivity index (χ4v) is 2.04. The molecule has 0 aliphatic rings. The van der Waals surface area contributed by atoms with Crippen molar-refractivity contribution in [1.29, 1.82) is 0 Å². The molecule has 19 heavy (non-hydrogen) atoms. The summed E-state index contributed by atoms with van der Waals surface area (Å²) in [7, 11) is 1.64. The van der Waals surface area contributed by atoms with Crippen LogP contribution in [0.1, 0.15) is 43.9 Å². The average molecular weight is 288 g/mol. The van der Waals surface area contributed by atoms with Gasteiger partial charge < -0.3 is 15.6 Å². The molecule has 0 aliphatic heterocycles. The fourth-order valence-electron chi connectivity index (χ4n) is 2.04. The summed E-state index contributed by atoms with van der Waals surface area (Å²) in [6.45, 7) is 6.29. The minimum atomic E-state index is -0.487. The van der Waals surface area contributed by atoms with Crippen molar-refractivity contribution in [2.24, 2.45) is 11.7 Å². The van der Waals surface area contributed by atoms with Gasteiger partial charge in [-0.2, -0.15) is 0 Å². The monoisotopic (exact) mass is 287 g/mol. The molecule has 0 unspecified atom stereocenters. The third-order valence-electron chi connectivity index (χ3n) is 3.29. The third-order valence-corrected chi connectivity index (χ3v) is 3.29. The molecule has 3 N–H and O–H groups in total. The van der Waals surface area contributed by atoms with E-state index in [4.69, 9.17) is 10.5 Å². The number of hydrogen-bond donors (Lipinski definition) is 2. The SMILES string of the molecule is COc1ccc([C@H](N)[C@H](O)CCC(C)C)c(C)c1.Cl. The molecule has 1 aromatic carbocycles. The lowest BCUT2D eigenvalue weighted by molar-refractivity contribution is 0.128. The Labute approximate surface area is 122 Å². The molecule has 0 aromatic heterocycles. The van der Waals surface area contributed by atoms with E-state index in [-0.39, 0.29) is 18.4 Å². The van der Waals surface area contributed by atoms with Gasteiger partial charge in [-0.25, -0.2) is 0 Å². The second-order valence-corrected chi connectivity index (χ2v) is 5.29. The van der Waals surface area contributed by atoms with Crippen LogP contribution in [-0.2, 0) is 0 Å². The highest BCUT2D eigenvalue weighted by Gasteiger charge is 2.18. The summed E-state index contributed by atoms with van der Waals surface area (Å²) in [5.74, 6) is 1.41. The normalized spacial score (nSPS) is 13.8. The van der Waals surface area contributed by atoms with E-state index in [1.165, 1.54) is 0 Å². The molecule has 2 atom stereocenters. The Morgan fingerprint density at radius 2 is 1.89 bits per heavy atom. The van der Waals surface area contributed by atoms with Gasteiger partial charge in [0, 0.05) is 0 Å². The minimum absolute atomic E-state index is 0. The first-order valence-corrected chi connectivity index (χ1v) is 6.54. The molecule has 0 amide bonds. The average Bonchev–Trinajstić information content (AvgIpc) is 2.34. The molecule has 3 nitrogen and oxygen atoms in total. The van der Waals surface area contributed by atoms with Gasteiger partial charge in [-0.15, -0.1) is 12.4 Å². The van der Waals surface area contributed by atoms with Crippen LogP contribution in [0.4, 0.5) is 0 Å². The van der Waals surface area contributed by atoms with Crippen molar-refractivity contribution in [3.05, 3.63) is 29.3 Å². The predicted molar refractivity (Wildman–Crippen MR) is 82.0 cm³/mol. The first-order valence-electron chi connectivity index (χ1n) is 6.54. The number of aliphatic hydroxyl groups excluding tert-OH is 1. The van der Waals surface area contributed by atoms with Crippen molar-refractivity contribution in [3.63, 3.8) is 0 Å². The van der Waals surface area contributed by atoms with Gasteiger partial charge in [-0.3, -0.25) is 0 Å². The molecule has 0 bridgehead atoms. The van der Waals surface area contributed by atoms with Gasteiger partial charge in [-0.05, 0) is 48.9 Å². The molecule has 0 fully saturated rings. The zero-order valence-electron chi connectivity index (χ0n) is 12.2. The van der Waals surface area contributed by atoms with Crippen molar-refractivity contribution in [2.75, 3.05) is 7.11 Å². The summed E-state index contributed by atoms with van der Waals surface area (Å²) >= 11 is 0. The van der Waals surface area contributed by atoms with Crippen LogP contribution in [0.15, 0.2) is 18.2 Å². The van der Waals surface area contributed by atoms with Crippen molar-refractivity contribution in [1.82, 2.24) is 0 Å². The molecule has 110 valence electrons. The predicted octanol–water partition coefficient (Wildman–Crippen LogP) is 3.22. The lowest BCUT2D eigenvalue weighted by atomic mass is 9.93. The molecular formula is C15H26ClNO2. The van der Waals surface area contributed by atoms with Crippen LogP contribution in [0.3, 0.4) is 0 Å². The van der Waals surface area contributed by atoms with E-state index in [1.54, 1.807) is 7.11 Å². The van der Waals surface area contributed by atoms with Crippen LogP contribution in [0.2, 0.25) is 0 Å². The summed E-state index contributed by atoms with van der Waals surface area (Å²) in [4.78, 5) is 0. The Bertz CT molecular complexity index is 382. The molecular weight excluding hydrogens is 262 g/mol. The third kappa shape index (κ3) is 5.39. The number of benzene rings is 1. The standard InChI is InChI=1S/C15H25NO2.ClH/c1-10(2)5-8-14(17)15(16)13-7-6-12(18-4)9-11(13)3;/h6-7,9-10,14-15,17H,5,8,16H2,1-4H3;1H/t14-,15+;/m1./s1. The molecule has 1 rings (SSSR count). The van der Waals surface area contributed by atoms with Crippen LogP contribution in [-0.4, -0.2) is 18.3 Å². The number of rotatable bonds is 6. The van der Waals surface area contributed by atoms with Crippen LogP contribution in [0, 0.1) is 12.8 Å². The highest BCUT2D eigenvalue weighted by Crippen LogP contribution is 2.25. The minimum Gasteiger partial charge on any atom is -0.497 e. The number of methoxy groups -OCH3 is 1. The van der Waals surface area contributed by atoms with E-state index in [0.717, 1.165) is 29.7 Å². The summed E-state index contributed by atoms with van der Waals surface area (Å²) in [5.41, 5.74) is 8.18. The maximum absolute atomic E-state index is 10.1. The zero-order valence-corrected chi connectivity index (χ0v) is 13.0. The summed E-state index contributed by atoms with van der Waals surface area (Å²) < 4.78 is 5.17. The number of aliphatic hydroxyl groups is 1. The largest absolute Gasteiger partial charge is 0.497 e. The van der Waals surface area contributed by atoms with Gasteiger partial charge in [-0.1, -0.05) is 19.9 Å². The molecule has 0 saturated carbocycles. The van der Waals surface area contributed by atoms with Gasteiger partial charge in [0.1, 0.15) is 5.75 Å². The molecule has 0 aliphatic carbocycles. The van der Waals surface area contributed by atoms with E-state index >= 15 is 0 Å². The smallest absolute Gasteiger partial charge is 0.119 e. The lowest BCUT2D eigenvalue weighted by Gasteiger charge is -2.22. The Morgan fingerprint density at radius 3 is 2.37 bits per heavy atom. The molecule has 0 saturated heterocycles. The molecule has 0 spiro atoms. The highest BCUT2D eigenvalue weighted by molar-refractivity contribution is 5.85. The number of aryl methyl sites for hydroxylation is 1. The topological polar surface area (TPSA) is 55.5 Å². The van der Waals surface area contributed by atoms with Crippen LogP contribution in [0.25, 0.3) is 0 Å². The lowest BCUT2D eigenvalue weighted by Crippen LogP contribution is -2.27.